The first-order chi connectivity index (χ1) is 13.2. The van der Waals surface area contributed by atoms with Crippen molar-refractivity contribution in [1.29, 1.82) is 0 Å². The summed E-state index contributed by atoms with van der Waals surface area (Å²) in [6.07, 6.45) is 2.10. The lowest BCUT2D eigenvalue weighted by molar-refractivity contribution is 0.0424. The number of benzene rings is 1. The third-order valence-electron chi connectivity index (χ3n) is 3.97. The van der Waals surface area contributed by atoms with Gasteiger partial charge in [-0.25, -0.2) is 0 Å². The molecule has 7 nitrogen and oxygen atoms in total. The van der Waals surface area contributed by atoms with Crippen molar-refractivity contribution in [1.82, 2.24) is 16.0 Å². The van der Waals surface area contributed by atoms with E-state index in [1.54, 1.807) is 12.1 Å². The van der Waals surface area contributed by atoms with Gasteiger partial charge in [0.15, 0.2) is 5.96 Å². The van der Waals surface area contributed by atoms with Crippen molar-refractivity contribution in [3.63, 3.8) is 0 Å². The lowest BCUT2D eigenvalue weighted by atomic mass is 10.2. The SMILES string of the molecule is CCNC(=NCCCOC1CCOC1)NCCNC(=O)c1ccc(Br)cc1.I. The second kappa shape index (κ2) is 15.0. The van der Waals surface area contributed by atoms with Gasteiger partial charge in [0, 0.05) is 49.4 Å². The Kier molecular flexibility index (Phi) is 13.5. The molecule has 28 heavy (non-hydrogen) atoms. The van der Waals surface area contributed by atoms with Crippen molar-refractivity contribution < 1.29 is 14.3 Å². The second-order valence-corrected chi connectivity index (χ2v) is 7.08. The van der Waals surface area contributed by atoms with Gasteiger partial charge >= 0.3 is 0 Å². The first kappa shape index (κ1) is 25.1. The number of guanidine groups is 1. The van der Waals surface area contributed by atoms with Crippen LogP contribution in [0.15, 0.2) is 33.7 Å². The van der Waals surface area contributed by atoms with Crippen LogP contribution in [-0.2, 0) is 9.47 Å². The molecule has 1 aromatic carbocycles. The van der Waals surface area contributed by atoms with Crippen LogP contribution in [0.25, 0.3) is 0 Å². The van der Waals surface area contributed by atoms with Crippen LogP contribution in [0, 0.1) is 0 Å². The lowest BCUT2D eigenvalue weighted by Gasteiger charge is -2.12. The molecule has 1 atom stereocenters. The van der Waals surface area contributed by atoms with E-state index in [0.29, 0.717) is 38.4 Å². The van der Waals surface area contributed by atoms with Crippen molar-refractivity contribution in [3.05, 3.63) is 34.3 Å². The molecule has 0 aromatic heterocycles. The van der Waals surface area contributed by atoms with Gasteiger partial charge in [0.25, 0.3) is 5.91 Å². The minimum atomic E-state index is -0.0840. The Labute approximate surface area is 192 Å². The first-order valence-electron chi connectivity index (χ1n) is 9.44. The number of nitrogens with zero attached hydrogens (tertiary/aromatic N) is 1. The average molecular weight is 569 g/mol. The molecule has 1 aliphatic heterocycles. The maximum absolute atomic E-state index is 12.1. The maximum atomic E-state index is 12.1. The van der Waals surface area contributed by atoms with Crippen LogP contribution in [-0.4, -0.2) is 64.0 Å². The van der Waals surface area contributed by atoms with Gasteiger partial charge in [-0.3, -0.25) is 9.79 Å². The van der Waals surface area contributed by atoms with Gasteiger partial charge in [-0.15, -0.1) is 24.0 Å². The molecule has 1 aromatic rings. The zero-order valence-electron chi connectivity index (χ0n) is 16.2. The molecule has 0 spiro atoms. The Morgan fingerprint density at radius 3 is 2.68 bits per heavy atom. The van der Waals surface area contributed by atoms with E-state index in [0.717, 1.165) is 36.4 Å². The number of hydrogen-bond donors (Lipinski definition) is 3. The minimum absolute atomic E-state index is 0. The highest BCUT2D eigenvalue weighted by atomic mass is 127. The number of ether oxygens (including phenoxy) is 2. The summed E-state index contributed by atoms with van der Waals surface area (Å²) < 4.78 is 12.0. The third kappa shape index (κ3) is 10.0. The summed E-state index contributed by atoms with van der Waals surface area (Å²) in [6, 6.07) is 7.29. The van der Waals surface area contributed by atoms with Crippen molar-refractivity contribution >= 4 is 51.8 Å². The Balaban J connectivity index is 0.00000392. The molecular weight excluding hydrogens is 539 g/mol. The van der Waals surface area contributed by atoms with Crippen molar-refractivity contribution in [2.45, 2.75) is 25.9 Å². The second-order valence-electron chi connectivity index (χ2n) is 6.16. The molecule has 9 heteroatoms. The summed E-state index contributed by atoms with van der Waals surface area (Å²) in [4.78, 5) is 16.6. The van der Waals surface area contributed by atoms with Crippen LogP contribution < -0.4 is 16.0 Å². The van der Waals surface area contributed by atoms with E-state index in [1.165, 1.54) is 0 Å². The topological polar surface area (TPSA) is 84.0 Å². The highest BCUT2D eigenvalue weighted by Gasteiger charge is 2.15. The molecule has 0 radical (unpaired) electrons. The molecule has 1 fully saturated rings. The summed E-state index contributed by atoms with van der Waals surface area (Å²) in [5, 5.41) is 9.32. The molecule has 1 amide bonds. The van der Waals surface area contributed by atoms with Gasteiger partial charge in [-0.2, -0.15) is 0 Å². The van der Waals surface area contributed by atoms with Crippen molar-refractivity contribution in [3.8, 4) is 0 Å². The highest BCUT2D eigenvalue weighted by Crippen LogP contribution is 2.10. The number of carbonyl (C=O) groups excluding carboxylic acids is 1. The Morgan fingerprint density at radius 1 is 1.25 bits per heavy atom. The molecule has 1 saturated heterocycles. The molecule has 1 aliphatic rings. The molecule has 0 saturated carbocycles. The average Bonchev–Trinajstić information content (AvgIpc) is 3.18. The predicted octanol–water partition coefficient (Wildman–Crippen LogP) is 2.55. The Hall–Kier alpha value is -0.910. The van der Waals surface area contributed by atoms with E-state index in [9.17, 15) is 4.79 Å². The van der Waals surface area contributed by atoms with E-state index >= 15 is 0 Å². The number of carbonyl (C=O) groups is 1. The molecule has 158 valence electrons. The highest BCUT2D eigenvalue weighted by molar-refractivity contribution is 14.0. The number of aliphatic imine (C=N–C) groups is 1. The monoisotopic (exact) mass is 568 g/mol. The van der Waals surface area contributed by atoms with E-state index in [2.05, 4.69) is 36.9 Å². The summed E-state index contributed by atoms with van der Waals surface area (Å²) in [5.41, 5.74) is 0.645. The van der Waals surface area contributed by atoms with Crippen LogP contribution in [0.3, 0.4) is 0 Å². The number of halogens is 2. The molecule has 1 unspecified atom stereocenters. The molecule has 1 heterocycles. The fraction of sp³-hybridized carbons (Fsp3) is 0.579. The Bertz CT molecular complexity index is 595. The van der Waals surface area contributed by atoms with Gasteiger partial charge in [-0.1, -0.05) is 15.9 Å². The van der Waals surface area contributed by atoms with Crippen LogP contribution in [0.1, 0.15) is 30.1 Å². The van der Waals surface area contributed by atoms with E-state index < -0.39 is 0 Å². The van der Waals surface area contributed by atoms with Gasteiger partial charge in [-0.05, 0) is 44.0 Å². The molecular formula is C19H30BrIN4O3. The Morgan fingerprint density at radius 2 is 2.00 bits per heavy atom. The quantitative estimate of drug-likeness (QED) is 0.175. The van der Waals surface area contributed by atoms with E-state index in [-0.39, 0.29) is 36.0 Å². The summed E-state index contributed by atoms with van der Waals surface area (Å²) in [5.74, 6) is 0.666. The maximum Gasteiger partial charge on any atom is 0.251 e. The zero-order valence-corrected chi connectivity index (χ0v) is 20.1. The van der Waals surface area contributed by atoms with Crippen LogP contribution in [0.2, 0.25) is 0 Å². The first-order valence-corrected chi connectivity index (χ1v) is 10.2. The van der Waals surface area contributed by atoms with Gasteiger partial charge in [0.1, 0.15) is 0 Å². The zero-order chi connectivity index (χ0) is 19.3. The summed E-state index contributed by atoms with van der Waals surface area (Å²) in [6.45, 7) is 6.82. The van der Waals surface area contributed by atoms with Crippen molar-refractivity contribution in [2.24, 2.45) is 4.99 Å². The lowest BCUT2D eigenvalue weighted by Crippen LogP contribution is -2.41. The predicted molar refractivity (Wildman–Crippen MR) is 126 cm³/mol. The molecule has 3 N–H and O–H groups in total. The molecule has 0 bridgehead atoms. The number of rotatable bonds is 10. The fourth-order valence-electron chi connectivity index (χ4n) is 2.55. The minimum Gasteiger partial charge on any atom is -0.379 e. The largest absolute Gasteiger partial charge is 0.379 e. The van der Waals surface area contributed by atoms with Crippen molar-refractivity contribution in [2.75, 3.05) is 46.0 Å². The third-order valence-corrected chi connectivity index (χ3v) is 4.50. The van der Waals surface area contributed by atoms with E-state index in [4.69, 9.17) is 9.47 Å². The number of nitrogens with one attached hydrogen (secondary N) is 3. The summed E-state index contributed by atoms with van der Waals surface area (Å²) >= 11 is 3.36. The van der Waals surface area contributed by atoms with Gasteiger partial charge < -0.3 is 25.4 Å². The molecule has 2 rings (SSSR count). The van der Waals surface area contributed by atoms with Crippen LogP contribution in [0.4, 0.5) is 0 Å². The normalized spacial score (nSPS) is 16.4. The summed E-state index contributed by atoms with van der Waals surface area (Å²) in [7, 11) is 0. The smallest absolute Gasteiger partial charge is 0.251 e. The van der Waals surface area contributed by atoms with Gasteiger partial charge in [0.05, 0.1) is 12.7 Å². The van der Waals surface area contributed by atoms with Crippen LogP contribution in [0.5, 0.6) is 0 Å². The number of amides is 1. The van der Waals surface area contributed by atoms with E-state index in [1.807, 2.05) is 19.1 Å². The fourth-order valence-corrected chi connectivity index (χ4v) is 2.82. The van der Waals surface area contributed by atoms with Crippen LogP contribution >= 0.6 is 39.9 Å². The molecule has 0 aliphatic carbocycles. The van der Waals surface area contributed by atoms with Gasteiger partial charge in [0.2, 0.25) is 0 Å². The number of hydrogen-bond acceptors (Lipinski definition) is 4. The standard InChI is InChI=1S/C19H29BrN4O3.HI/c1-2-21-19(23-9-3-12-27-17-8-13-26-14-17)24-11-10-22-18(25)15-4-6-16(20)7-5-15;/h4-7,17H,2-3,8-14H2,1H3,(H,22,25)(H2,21,23,24);1H.